The smallest absolute Gasteiger partial charge is 0.302 e. The Bertz CT molecular complexity index is 86.5. The van der Waals surface area contributed by atoms with Crippen molar-refractivity contribution in [1.29, 1.82) is 0 Å². The molecule has 8 heavy (non-hydrogen) atoms. The number of carbonyl (C=O) groups excluding carboxylic acids is 1. The van der Waals surface area contributed by atoms with Crippen LogP contribution in [0.3, 0.4) is 0 Å². The molecule has 0 amide bonds. The molecule has 2 heteroatoms. The Kier molecular flexibility index (Phi) is 3.94. The zero-order valence-electron chi connectivity index (χ0n) is 4.89. The molecule has 2 nitrogen and oxygen atoms in total. The van der Waals surface area contributed by atoms with E-state index in [9.17, 15) is 4.79 Å². The van der Waals surface area contributed by atoms with Crippen molar-refractivity contribution in [2.45, 2.75) is 6.92 Å². The van der Waals surface area contributed by atoms with Gasteiger partial charge < -0.3 is 4.74 Å². The predicted molar refractivity (Wildman–Crippen MR) is 31.1 cm³/mol. The minimum absolute atomic E-state index is 0.261. The molecule has 0 bridgehead atoms. The highest BCUT2D eigenvalue weighted by atomic mass is 16.5. The third-order valence-electron chi connectivity index (χ3n) is 0.549. The van der Waals surface area contributed by atoms with E-state index < -0.39 is 0 Å². The lowest BCUT2D eigenvalue weighted by Gasteiger charge is -1.94. The first-order valence-corrected chi connectivity index (χ1v) is 2.35. The molecule has 0 heterocycles. The summed E-state index contributed by atoms with van der Waals surface area (Å²) in [5.74, 6) is -0.261. The molecule has 1 radical (unpaired) electrons. The van der Waals surface area contributed by atoms with Crippen LogP contribution < -0.4 is 0 Å². The first-order valence-electron chi connectivity index (χ1n) is 2.35. The predicted octanol–water partition coefficient (Wildman–Crippen LogP) is 0.940. The van der Waals surface area contributed by atoms with Crippen molar-refractivity contribution in [3.63, 3.8) is 0 Å². The Morgan fingerprint density at radius 2 is 2.50 bits per heavy atom. The van der Waals surface area contributed by atoms with E-state index in [1.54, 1.807) is 12.5 Å². The Morgan fingerprint density at radius 1 is 1.88 bits per heavy atom. The Hall–Kier alpha value is -0.790. The minimum atomic E-state index is -0.261. The second-order valence-electron chi connectivity index (χ2n) is 1.27. The molecule has 0 rings (SSSR count). The molecule has 0 fully saturated rings. The maximum atomic E-state index is 10.0. The second kappa shape index (κ2) is 4.37. The highest BCUT2D eigenvalue weighted by Crippen LogP contribution is 1.80. The van der Waals surface area contributed by atoms with Crippen LogP contribution in [0.4, 0.5) is 0 Å². The van der Waals surface area contributed by atoms with Gasteiger partial charge in [0, 0.05) is 13.3 Å². The summed E-state index contributed by atoms with van der Waals surface area (Å²) in [6.07, 6.45) is 3.25. The fraction of sp³-hybridized carbons (Fsp3) is 0.333. The number of ether oxygens (including phenoxy) is 1. The maximum absolute atomic E-state index is 10.0. The maximum Gasteiger partial charge on any atom is 0.302 e. The zero-order valence-corrected chi connectivity index (χ0v) is 4.89. The molecule has 45 valence electrons. The van der Waals surface area contributed by atoms with Crippen molar-refractivity contribution in [2.24, 2.45) is 0 Å². The molecule has 0 saturated carbocycles. The van der Waals surface area contributed by atoms with Crippen LogP contribution in [0.5, 0.6) is 0 Å². The van der Waals surface area contributed by atoms with Crippen LogP contribution in [0.2, 0.25) is 0 Å². The molecule has 0 aliphatic rings. The van der Waals surface area contributed by atoms with Crippen LogP contribution in [0.15, 0.2) is 12.7 Å². The Labute approximate surface area is 49.1 Å². The summed E-state index contributed by atoms with van der Waals surface area (Å²) in [5.41, 5.74) is 0. The number of rotatable bonds is 3. The molecule has 0 saturated heterocycles. The van der Waals surface area contributed by atoms with Crippen molar-refractivity contribution in [2.75, 3.05) is 6.61 Å². The van der Waals surface area contributed by atoms with Gasteiger partial charge in [-0.1, -0.05) is 6.08 Å². The quantitative estimate of drug-likeness (QED) is 0.402. The van der Waals surface area contributed by atoms with E-state index >= 15 is 0 Å². The van der Waals surface area contributed by atoms with Gasteiger partial charge >= 0.3 is 5.97 Å². The zero-order chi connectivity index (χ0) is 6.41. The summed E-state index contributed by atoms with van der Waals surface area (Å²) in [4.78, 5) is 10.0. The van der Waals surface area contributed by atoms with E-state index in [0.29, 0.717) is 6.61 Å². The van der Waals surface area contributed by atoms with E-state index in [0.717, 1.165) is 0 Å². The third kappa shape index (κ3) is 5.21. The van der Waals surface area contributed by atoms with Gasteiger partial charge in [-0.15, -0.1) is 6.58 Å². The summed E-state index contributed by atoms with van der Waals surface area (Å²) in [5, 5.41) is 0. The van der Waals surface area contributed by atoms with E-state index in [-0.39, 0.29) is 5.97 Å². The second-order valence-corrected chi connectivity index (χ2v) is 1.27. The lowest BCUT2D eigenvalue weighted by atomic mass is 10.5. The van der Waals surface area contributed by atoms with Gasteiger partial charge in [0.1, 0.15) is 0 Å². The highest BCUT2D eigenvalue weighted by Gasteiger charge is 1.87. The lowest BCUT2D eigenvalue weighted by molar-refractivity contribution is -0.139. The van der Waals surface area contributed by atoms with E-state index in [1.165, 1.54) is 6.92 Å². The number of carbonyl (C=O) groups is 1. The van der Waals surface area contributed by atoms with Gasteiger partial charge in [0.05, 0.1) is 6.61 Å². The van der Waals surface area contributed by atoms with Gasteiger partial charge in [-0.05, 0) is 0 Å². The fourth-order valence-electron chi connectivity index (χ4n) is 0.234. The average Bonchev–Trinajstić information content (AvgIpc) is 1.66. The number of hydrogen-bond donors (Lipinski definition) is 0. The van der Waals surface area contributed by atoms with Crippen LogP contribution >= 0.6 is 0 Å². The summed E-state index contributed by atoms with van der Waals surface area (Å²) in [6.45, 7) is 5.11. The van der Waals surface area contributed by atoms with Crippen LogP contribution in [-0.4, -0.2) is 12.6 Å². The van der Waals surface area contributed by atoms with Crippen LogP contribution in [0, 0.1) is 6.42 Å². The molecular weight excluding hydrogens is 104 g/mol. The molecule has 0 spiro atoms. The third-order valence-corrected chi connectivity index (χ3v) is 0.549. The molecule has 0 aromatic rings. The minimum Gasteiger partial charge on any atom is -0.465 e. The van der Waals surface area contributed by atoms with Crippen molar-refractivity contribution in [3.05, 3.63) is 19.1 Å². The Morgan fingerprint density at radius 3 is 2.88 bits per heavy atom. The van der Waals surface area contributed by atoms with Gasteiger partial charge in [-0.25, -0.2) is 0 Å². The molecule has 0 aliphatic carbocycles. The van der Waals surface area contributed by atoms with Gasteiger partial charge in [-0.3, -0.25) is 4.79 Å². The van der Waals surface area contributed by atoms with Gasteiger partial charge in [-0.2, -0.15) is 0 Å². The standard InChI is InChI=1S/C6H9O2/c1-3-4-5-8-6(2)7/h3-4H,1,5H2,2H3. The molecule has 0 unspecified atom stereocenters. The van der Waals surface area contributed by atoms with Crippen molar-refractivity contribution >= 4 is 5.97 Å². The topological polar surface area (TPSA) is 26.3 Å². The molecule has 0 aliphatic heterocycles. The largest absolute Gasteiger partial charge is 0.465 e. The molecule has 0 aromatic carbocycles. The molecular formula is C6H9O2. The highest BCUT2D eigenvalue weighted by molar-refractivity contribution is 5.65. The fourth-order valence-corrected chi connectivity index (χ4v) is 0.234. The van der Waals surface area contributed by atoms with Crippen LogP contribution in [-0.2, 0) is 9.53 Å². The summed E-state index contributed by atoms with van der Waals surface area (Å²) in [7, 11) is 0. The summed E-state index contributed by atoms with van der Waals surface area (Å²) < 4.78 is 4.52. The van der Waals surface area contributed by atoms with E-state index in [4.69, 9.17) is 0 Å². The van der Waals surface area contributed by atoms with E-state index in [1.807, 2.05) is 0 Å². The molecule has 0 N–H and O–H groups in total. The number of esters is 1. The van der Waals surface area contributed by atoms with Crippen LogP contribution in [0.1, 0.15) is 6.92 Å². The van der Waals surface area contributed by atoms with Crippen molar-refractivity contribution < 1.29 is 9.53 Å². The Balaban J connectivity index is 2.93. The lowest BCUT2D eigenvalue weighted by Crippen LogP contribution is -1.98. The van der Waals surface area contributed by atoms with Gasteiger partial charge in [0.2, 0.25) is 0 Å². The molecule has 0 aromatic heterocycles. The average molecular weight is 113 g/mol. The first kappa shape index (κ1) is 7.21. The van der Waals surface area contributed by atoms with Crippen molar-refractivity contribution in [3.8, 4) is 0 Å². The monoisotopic (exact) mass is 113 g/mol. The SMILES string of the molecule is C=C[CH]COC(C)=O. The van der Waals surface area contributed by atoms with Gasteiger partial charge in [0.15, 0.2) is 0 Å². The summed E-state index contributed by atoms with van der Waals surface area (Å²) in [6, 6.07) is 0. The summed E-state index contributed by atoms with van der Waals surface area (Å²) >= 11 is 0. The van der Waals surface area contributed by atoms with Crippen molar-refractivity contribution in [1.82, 2.24) is 0 Å². The normalized spacial score (nSPS) is 8.12. The first-order chi connectivity index (χ1) is 3.77. The van der Waals surface area contributed by atoms with Crippen LogP contribution in [0.25, 0.3) is 0 Å². The number of hydrogen-bond acceptors (Lipinski definition) is 2. The van der Waals surface area contributed by atoms with Gasteiger partial charge in [0.25, 0.3) is 0 Å². The van der Waals surface area contributed by atoms with E-state index in [2.05, 4.69) is 11.3 Å². The molecule has 0 atom stereocenters.